The first-order valence-corrected chi connectivity index (χ1v) is 10.0. The van der Waals surface area contributed by atoms with E-state index in [2.05, 4.69) is 22.3 Å². The smallest absolute Gasteiger partial charge is 0.256 e. The van der Waals surface area contributed by atoms with Crippen molar-refractivity contribution in [2.24, 2.45) is 5.73 Å². The summed E-state index contributed by atoms with van der Waals surface area (Å²) in [4.78, 5) is 28.1. The molecule has 2 aromatic carbocycles. The molecule has 3 aromatic rings. The summed E-state index contributed by atoms with van der Waals surface area (Å²) in [5.41, 5.74) is 8.91. The average molecular weight is 427 g/mol. The van der Waals surface area contributed by atoms with E-state index in [4.69, 9.17) is 5.73 Å². The van der Waals surface area contributed by atoms with Gasteiger partial charge in [0, 0.05) is 30.1 Å². The van der Waals surface area contributed by atoms with Crippen molar-refractivity contribution in [3.8, 4) is 0 Å². The van der Waals surface area contributed by atoms with Crippen LogP contribution in [0.2, 0.25) is 0 Å². The Balaban J connectivity index is 0.00000240. The van der Waals surface area contributed by atoms with Gasteiger partial charge in [0.2, 0.25) is 0 Å². The molecule has 0 saturated carbocycles. The lowest BCUT2D eigenvalue weighted by atomic mass is 10.0. The van der Waals surface area contributed by atoms with Crippen molar-refractivity contribution in [1.29, 1.82) is 0 Å². The Bertz CT molecular complexity index is 1010. The second kappa shape index (κ2) is 9.22. The molecule has 2 heterocycles. The van der Waals surface area contributed by atoms with Crippen LogP contribution in [0.3, 0.4) is 0 Å². The number of primary amides is 1. The van der Waals surface area contributed by atoms with Gasteiger partial charge in [-0.1, -0.05) is 48.5 Å². The molecule has 4 rings (SSSR count). The number of carbonyl (C=O) groups excluding carboxylic acids is 2. The Morgan fingerprint density at radius 3 is 2.34 bits per heavy atom. The van der Waals surface area contributed by atoms with Crippen LogP contribution < -0.4 is 23.5 Å². The Morgan fingerprint density at radius 2 is 1.69 bits per heavy atom. The Hall–Kier alpha value is -2.67. The van der Waals surface area contributed by atoms with Crippen LogP contribution >= 0.6 is 11.3 Å². The first-order chi connectivity index (χ1) is 13.6. The topological polar surface area (TPSA) is 75.4 Å². The molecular weight excluding hydrogens is 406 g/mol. The van der Waals surface area contributed by atoms with E-state index in [1.54, 1.807) is 12.1 Å². The first-order valence-electron chi connectivity index (χ1n) is 9.19. The third-order valence-corrected chi connectivity index (χ3v) is 6.03. The molecule has 0 unspecified atom stereocenters. The maximum absolute atomic E-state index is 12.5. The number of rotatable bonds is 5. The fourth-order valence-electron chi connectivity index (χ4n) is 3.55. The number of benzene rings is 2. The maximum Gasteiger partial charge on any atom is 0.256 e. The molecule has 29 heavy (non-hydrogen) atoms. The van der Waals surface area contributed by atoms with Gasteiger partial charge in [-0.15, -0.1) is 11.3 Å². The monoisotopic (exact) mass is 426 g/mol. The minimum absolute atomic E-state index is 0. The third kappa shape index (κ3) is 4.67. The van der Waals surface area contributed by atoms with E-state index in [9.17, 15) is 9.59 Å². The summed E-state index contributed by atoms with van der Waals surface area (Å²) in [7, 11) is 0. The fraction of sp³-hybridized carbons (Fsp3) is 0.182. The average Bonchev–Trinajstić information content (AvgIpc) is 3.06. The predicted molar refractivity (Wildman–Crippen MR) is 111 cm³/mol. The van der Waals surface area contributed by atoms with Crippen molar-refractivity contribution in [2.75, 3.05) is 11.9 Å². The van der Waals surface area contributed by atoms with Gasteiger partial charge < -0.3 is 23.5 Å². The molecule has 3 N–H and O–H groups in total. The van der Waals surface area contributed by atoms with E-state index < -0.39 is 5.91 Å². The summed E-state index contributed by atoms with van der Waals surface area (Å²) in [6, 6.07) is 19.3. The first kappa shape index (κ1) is 21.0. The molecule has 7 heteroatoms. The van der Waals surface area contributed by atoms with E-state index in [0.717, 1.165) is 36.5 Å². The molecule has 2 amide bonds. The minimum Gasteiger partial charge on any atom is -1.00 e. The largest absolute Gasteiger partial charge is 1.00 e. The highest BCUT2D eigenvalue weighted by molar-refractivity contribution is 7.17. The van der Waals surface area contributed by atoms with Crippen LogP contribution in [-0.2, 0) is 19.5 Å². The molecule has 0 spiro atoms. The van der Waals surface area contributed by atoms with Crippen molar-refractivity contribution in [1.82, 2.24) is 4.90 Å². The zero-order valence-electron chi connectivity index (χ0n) is 15.7. The molecule has 1 aromatic heterocycles. The van der Waals surface area contributed by atoms with E-state index in [1.165, 1.54) is 16.9 Å². The summed E-state index contributed by atoms with van der Waals surface area (Å²) in [6.45, 7) is 2.46. The van der Waals surface area contributed by atoms with E-state index >= 15 is 0 Å². The number of halogens is 1. The summed E-state index contributed by atoms with van der Waals surface area (Å²) in [6.07, 6.45) is 0.748. The van der Waals surface area contributed by atoms with Crippen LogP contribution in [0, 0.1) is 0 Å². The summed E-state index contributed by atoms with van der Waals surface area (Å²) < 4.78 is 0. The molecule has 150 valence electrons. The van der Waals surface area contributed by atoms with Crippen molar-refractivity contribution < 1.29 is 22.0 Å². The number of hydrogen-bond acceptors (Lipinski definition) is 4. The molecule has 0 saturated heterocycles. The Labute approximate surface area is 179 Å². The number of anilines is 1. The molecular formula is C22H21ClN3O2S-. The summed E-state index contributed by atoms with van der Waals surface area (Å²) in [5.74, 6) is -0.722. The van der Waals surface area contributed by atoms with E-state index in [0.29, 0.717) is 16.1 Å². The summed E-state index contributed by atoms with van der Waals surface area (Å²) in [5, 5.41) is 3.44. The molecule has 0 fully saturated rings. The van der Waals surface area contributed by atoms with Crippen LogP contribution in [-0.4, -0.2) is 23.3 Å². The van der Waals surface area contributed by atoms with Crippen LogP contribution in [0.4, 0.5) is 5.00 Å². The second-order valence-corrected chi connectivity index (χ2v) is 7.94. The van der Waals surface area contributed by atoms with Gasteiger partial charge in [-0.2, -0.15) is 0 Å². The number of hydrogen-bond donors (Lipinski definition) is 2. The highest BCUT2D eigenvalue weighted by atomic mass is 35.5. The predicted octanol–water partition coefficient (Wildman–Crippen LogP) is 0.662. The lowest BCUT2D eigenvalue weighted by Crippen LogP contribution is -3.00. The number of nitrogens with zero attached hydrogens (tertiary/aromatic N) is 1. The maximum atomic E-state index is 12.5. The van der Waals surface area contributed by atoms with Gasteiger partial charge in [-0.05, 0) is 29.7 Å². The van der Waals surface area contributed by atoms with Gasteiger partial charge in [0.15, 0.2) is 0 Å². The number of nitrogens with one attached hydrogen (secondary N) is 1. The highest BCUT2D eigenvalue weighted by Crippen LogP contribution is 2.37. The normalized spacial score (nSPS) is 13.2. The van der Waals surface area contributed by atoms with Crippen molar-refractivity contribution in [3.05, 3.63) is 87.8 Å². The van der Waals surface area contributed by atoms with Gasteiger partial charge in [0.25, 0.3) is 11.8 Å². The van der Waals surface area contributed by atoms with E-state index in [1.807, 2.05) is 36.4 Å². The lowest BCUT2D eigenvalue weighted by molar-refractivity contribution is -0.0000214. The third-order valence-electron chi connectivity index (χ3n) is 4.89. The Morgan fingerprint density at radius 1 is 1.03 bits per heavy atom. The van der Waals surface area contributed by atoms with Crippen LogP contribution in [0.5, 0.6) is 0 Å². The van der Waals surface area contributed by atoms with E-state index in [-0.39, 0.29) is 18.3 Å². The van der Waals surface area contributed by atoms with Gasteiger partial charge in [-0.25, -0.2) is 0 Å². The Kier molecular flexibility index (Phi) is 6.69. The molecule has 5 nitrogen and oxygen atoms in total. The quantitative estimate of drug-likeness (QED) is 0.629. The molecule has 0 aliphatic carbocycles. The zero-order chi connectivity index (χ0) is 19.5. The standard InChI is InChI=1S/C22H21N3O2S.ClH/c23-20(26)19-17-11-12-25(13-15-7-3-1-4-8-15)14-18(17)28-22(19)24-21(27)16-9-5-2-6-10-16;/h1-10H,11-14H2,(H2,23,26)(H,24,27);1H/p-1. The number of fused-ring (bicyclic) bond motifs is 1. The van der Waals surface area contributed by atoms with Crippen molar-refractivity contribution in [3.63, 3.8) is 0 Å². The minimum atomic E-state index is -0.489. The van der Waals surface area contributed by atoms with Crippen LogP contribution in [0.15, 0.2) is 60.7 Å². The lowest BCUT2D eigenvalue weighted by Gasteiger charge is -2.27. The zero-order valence-corrected chi connectivity index (χ0v) is 17.3. The summed E-state index contributed by atoms with van der Waals surface area (Å²) >= 11 is 1.45. The highest BCUT2D eigenvalue weighted by Gasteiger charge is 2.27. The van der Waals surface area contributed by atoms with Crippen LogP contribution in [0.25, 0.3) is 0 Å². The van der Waals surface area contributed by atoms with Gasteiger partial charge in [-0.3, -0.25) is 14.5 Å². The van der Waals surface area contributed by atoms with Crippen molar-refractivity contribution in [2.45, 2.75) is 19.5 Å². The number of nitrogens with two attached hydrogens (primary N) is 1. The van der Waals surface area contributed by atoms with Gasteiger partial charge >= 0.3 is 0 Å². The van der Waals surface area contributed by atoms with Crippen LogP contribution in [0.1, 0.15) is 36.7 Å². The van der Waals surface area contributed by atoms with Gasteiger partial charge in [0.05, 0.1) is 5.56 Å². The molecule has 1 aliphatic rings. The number of amides is 2. The number of thiophene rings is 1. The molecule has 0 atom stereocenters. The SMILES string of the molecule is NC(=O)c1c(NC(=O)c2ccccc2)sc2c1CCN(Cc1ccccc1)C2.[Cl-]. The fourth-order valence-corrected chi connectivity index (χ4v) is 4.84. The molecule has 0 radical (unpaired) electrons. The van der Waals surface area contributed by atoms with Gasteiger partial charge in [0.1, 0.15) is 5.00 Å². The second-order valence-electron chi connectivity index (χ2n) is 6.84. The molecule has 1 aliphatic heterocycles. The van der Waals surface area contributed by atoms with Crippen molar-refractivity contribution >= 4 is 28.2 Å². The number of carbonyl (C=O) groups is 2. The molecule has 0 bridgehead atoms.